The van der Waals surface area contributed by atoms with Crippen molar-refractivity contribution in [3.63, 3.8) is 0 Å². The lowest BCUT2D eigenvalue weighted by Gasteiger charge is -2.11. The van der Waals surface area contributed by atoms with Crippen LogP contribution in [0.15, 0.2) is 54.7 Å². The molecule has 6 rings (SSSR count). The Morgan fingerprint density at radius 3 is 2.03 bits per heavy atom. The van der Waals surface area contributed by atoms with Gasteiger partial charge in [0.25, 0.3) is 0 Å². The maximum absolute atomic E-state index is 13.5. The Bertz CT molecular complexity index is 1540. The van der Waals surface area contributed by atoms with E-state index < -0.39 is 0 Å². The van der Waals surface area contributed by atoms with Gasteiger partial charge in [0.15, 0.2) is 11.6 Å². The largest absolute Gasteiger partial charge is 0.377 e. The molecule has 0 radical (unpaired) electrons. The highest BCUT2D eigenvalue weighted by Gasteiger charge is 2.36. The predicted octanol–water partition coefficient (Wildman–Crippen LogP) is 4.42. The number of allylic oxidation sites excluding steroid dienone is 2. The van der Waals surface area contributed by atoms with Crippen molar-refractivity contribution in [3.8, 4) is 0 Å². The number of nitrogens with zero attached hydrogens (tertiary/aromatic N) is 2. The minimum absolute atomic E-state index is 0.102. The molecule has 4 bridgehead atoms. The van der Waals surface area contributed by atoms with Crippen molar-refractivity contribution in [2.75, 3.05) is 39.6 Å². The van der Waals surface area contributed by atoms with Crippen LogP contribution < -0.4 is 0 Å². The smallest absolute Gasteiger partial charge is 0.172 e. The summed E-state index contributed by atoms with van der Waals surface area (Å²) in [6.45, 7) is 6.37. The van der Waals surface area contributed by atoms with Crippen LogP contribution >= 0.6 is 0 Å². The molecule has 3 heterocycles. The second-order valence-corrected chi connectivity index (χ2v) is 9.49. The van der Waals surface area contributed by atoms with Crippen molar-refractivity contribution in [1.82, 2.24) is 9.13 Å². The summed E-state index contributed by atoms with van der Waals surface area (Å²) >= 11 is 0. The summed E-state index contributed by atoms with van der Waals surface area (Å²) in [6.07, 6.45) is 1.90. The van der Waals surface area contributed by atoms with Gasteiger partial charge in [0, 0.05) is 69.1 Å². The van der Waals surface area contributed by atoms with Gasteiger partial charge in [0.05, 0.1) is 46.1 Å². The molecule has 7 nitrogen and oxygen atoms in total. The molecule has 4 aromatic rings. The number of ether oxygens (including phenoxy) is 3. The summed E-state index contributed by atoms with van der Waals surface area (Å²) in [4.78, 5) is 26.9. The zero-order valence-electron chi connectivity index (χ0n) is 21.0. The van der Waals surface area contributed by atoms with Crippen LogP contribution in [0.2, 0.25) is 0 Å². The first kappa shape index (κ1) is 23.9. The predicted molar refractivity (Wildman–Crippen MR) is 143 cm³/mol. The summed E-state index contributed by atoms with van der Waals surface area (Å²) in [5.41, 5.74) is 5.72. The van der Waals surface area contributed by atoms with E-state index >= 15 is 0 Å². The van der Waals surface area contributed by atoms with Crippen molar-refractivity contribution in [2.45, 2.75) is 26.4 Å². The van der Waals surface area contributed by atoms with Gasteiger partial charge in [-0.1, -0.05) is 36.4 Å². The van der Waals surface area contributed by atoms with Crippen LogP contribution in [0.5, 0.6) is 0 Å². The van der Waals surface area contributed by atoms with Crippen molar-refractivity contribution in [2.24, 2.45) is 0 Å². The lowest BCUT2D eigenvalue weighted by molar-refractivity contribution is -0.119. The van der Waals surface area contributed by atoms with Crippen molar-refractivity contribution < 1.29 is 23.8 Å². The van der Waals surface area contributed by atoms with E-state index in [1.807, 2.05) is 55.6 Å². The highest BCUT2D eigenvalue weighted by molar-refractivity contribution is 6.52. The Hall–Kier alpha value is -3.52. The molecule has 190 valence electrons. The average molecular weight is 499 g/mol. The Morgan fingerprint density at radius 2 is 1.27 bits per heavy atom. The number of aromatic nitrogens is 2. The molecular weight excluding hydrogens is 468 g/mol. The molecule has 37 heavy (non-hydrogen) atoms. The van der Waals surface area contributed by atoms with Gasteiger partial charge in [0.1, 0.15) is 0 Å². The van der Waals surface area contributed by atoms with E-state index in [1.54, 1.807) is 0 Å². The number of hydrogen-bond donors (Lipinski definition) is 0. The summed E-state index contributed by atoms with van der Waals surface area (Å²) in [5, 5.41) is 1.94. The van der Waals surface area contributed by atoms with Crippen LogP contribution in [-0.2, 0) is 36.9 Å². The molecule has 0 saturated carbocycles. The van der Waals surface area contributed by atoms with Gasteiger partial charge >= 0.3 is 0 Å². The van der Waals surface area contributed by atoms with E-state index in [2.05, 4.69) is 15.2 Å². The lowest BCUT2D eigenvalue weighted by Crippen LogP contribution is -2.13. The Labute approximate surface area is 215 Å². The molecule has 0 N–H and O–H groups in total. The van der Waals surface area contributed by atoms with E-state index in [1.165, 1.54) is 0 Å². The maximum Gasteiger partial charge on any atom is 0.172 e. The number of benzene rings is 2. The number of hydrogen-bond acceptors (Lipinski definition) is 5. The summed E-state index contributed by atoms with van der Waals surface area (Å²) < 4.78 is 21.6. The van der Waals surface area contributed by atoms with Crippen molar-refractivity contribution in [1.29, 1.82) is 0 Å². The third kappa shape index (κ3) is 4.23. The Balaban J connectivity index is 1.58. The SMILES string of the molecule is Cc1c2c3ccccc3n1CCOCCOCCOCCn1cc(c3ccccc31)C1=C2C(=O)CC1=O. The highest BCUT2D eigenvalue weighted by Crippen LogP contribution is 2.43. The fourth-order valence-electron chi connectivity index (χ4n) is 5.68. The average Bonchev–Trinajstić information content (AvgIpc) is 3.50. The van der Waals surface area contributed by atoms with Gasteiger partial charge in [-0.2, -0.15) is 0 Å². The number of Topliss-reactive ketones (excluding diaryl/α,β-unsaturated/α-hetero) is 2. The normalized spacial score (nSPS) is 18.2. The van der Waals surface area contributed by atoms with E-state index in [9.17, 15) is 9.59 Å². The van der Waals surface area contributed by atoms with Crippen LogP contribution in [0.1, 0.15) is 23.2 Å². The summed E-state index contributed by atoms with van der Waals surface area (Å²) in [6, 6.07) is 16.1. The Morgan fingerprint density at radius 1 is 0.676 bits per heavy atom. The zero-order chi connectivity index (χ0) is 25.4. The minimum Gasteiger partial charge on any atom is -0.377 e. The number of ketones is 2. The lowest BCUT2D eigenvalue weighted by atomic mass is 9.94. The van der Waals surface area contributed by atoms with Crippen LogP contribution in [0.3, 0.4) is 0 Å². The van der Waals surface area contributed by atoms with Gasteiger partial charge in [-0.25, -0.2) is 0 Å². The first-order chi connectivity index (χ1) is 18.1. The van der Waals surface area contributed by atoms with Crippen LogP contribution in [0.4, 0.5) is 0 Å². The molecule has 0 saturated heterocycles. The van der Waals surface area contributed by atoms with Crippen LogP contribution in [-0.4, -0.2) is 60.3 Å². The van der Waals surface area contributed by atoms with Crippen LogP contribution in [0.25, 0.3) is 33.0 Å². The van der Waals surface area contributed by atoms with Gasteiger partial charge in [-0.3, -0.25) is 9.59 Å². The molecule has 2 aromatic carbocycles. The standard InChI is InChI=1S/C30H30N2O5/c1-20-28-22-7-3-5-9-25(22)32(20)11-13-36-15-17-37-16-14-35-12-10-31-19-23(21-6-2-4-8-24(21)31)29-26(33)18-27(34)30(28)29/h2-9,19H,10-18H2,1H3. The number of para-hydroxylation sites is 2. The summed E-state index contributed by atoms with van der Waals surface area (Å²) in [5.74, 6) is -0.243. The monoisotopic (exact) mass is 498 g/mol. The first-order valence-corrected chi connectivity index (χ1v) is 12.9. The summed E-state index contributed by atoms with van der Waals surface area (Å²) in [7, 11) is 0. The third-order valence-corrected chi connectivity index (χ3v) is 7.35. The van der Waals surface area contributed by atoms with E-state index in [4.69, 9.17) is 14.2 Å². The third-order valence-electron chi connectivity index (χ3n) is 7.35. The second-order valence-electron chi connectivity index (χ2n) is 9.49. The number of carbonyl (C=O) groups is 2. The molecule has 2 aromatic heterocycles. The molecule has 0 spiro atoms. The molecule has 0 amide bonds. The number of carbonyl (C=O) groups excluding carboxylic acids is 2. The molecule has 0 fully saturated rings. The second kappa shape index (κ2) is 10.1. The van der Waals surface area contributed by atoms with Gasteiger partial charge in [0.2, 0.25) is 0 Å². The number of rotatable bonds is 0. The maximum atomic E-state index is 13.5. The minimum atomic E-state index is -0.123. The van der Waals surface area contributed by atoms with E-state index in [0.717, 1.165) is 38.6 Å². The Kier molecular flexibility index (Phi) is 6.50. The highest BCUT2D eigenvalue weighted by atomic mass is 16.5. The molecule has 0 atom stereocenters. The van der Waals surface area contributed by atoms with Gasteiger partial charge < -0.3 is 23.3 Å². The molecule has 7 heteroatoms. The van der Waals surface area contributed by atoms with E-state index in [0.29, 0.717) is 63.9 Å². The van der Waals surface area contributed by atoms with E-state index in [-0.39, 0.29) is 18.0 Å². The molecule has 0 unspecified atom stereocenters. The quantitative estimate of drug-likeness (QED) is 0.336. The number of fused-ring (bicyclic) bond motifs is 12. The topological polar surface area (TPSA) is 71.7 Å². The van der Waals surface area contributed by atoms with Gasteiger partial charge in [-0.15, -0.1) is 0 Å². The van der Waals surface area contributed by atoms with Crippen molar-refractivity contribution >= 4 is 44.5 Å². The molecular formula is C30H30N2O5. The zero-order valence-corrected chi connectivity index (χ0v) is 21.0. The molecule has 2 aliphatic rings. The molecule has 1 aliphatic heterocycles. The fraction of sp³-hybridized carbons (Fsp3) is 0.333. The first-order valence-electron chi connectivity index (χ1n) is 12.9. The van der Waals surface area contributed by atoms with Crippen LogP contribution in [0, 0.1) is 6.92 Å². The van der Waals surface area contributed by atoms with Gasteiger partial charge in [-0.05, 0) is 19.1 Å². The fourth-order valence-corrected chi connectivity index (χ4v) is 5.68. The van der Waals surface area contributed by atoms with Crippen molar-refractivity contribution in [3.05, 3.63) is 71.5 Å². The molecule has 1 aliphatic carbocycles.